The number of aryl methyl sites for hydroxylation is 1. The zero-order valence-electron chi connectivity index (χ0n) is 16.2. The summed E-state index contributed by atoms with van der Waals surface area (Å²) in [5, 5.41) is 0. The summed E-state index contributed by atoms with van der Waals surface area (Å²) in [7, 11) is 0. The number of benzene rings is 1. The van der Waals surface area contributed by atoms with E-state index in [-0.39, 0.29) is 0 Å². The van der Waals surface area contributed by atoms with E-state index in [0.717, 1.165) is 55.6 Å². The predicted molar refractivity (Wildman–Crippen MR) is 112 cm³/mol. The maximum Gasteiger partial charge on any atom is 0.143 e. The first kappa shape index (κ1) is 17.0. The van der Waals surface area contributed by atoms with Crippen molar-refractivity contribution >= 4 is 17.0 Å². The molecule has 0 spiro atoms. The number of ether oxygens (including phenoxy) is 1. The van der Waals surface area contributed by atoms with Crippen LogP contribution in [0.5, 0.6) is 5.75 Å². The zero-order chi connectivity index (χ0) is 19.1. The molecule has 2 aliphatic rings. The van der Waals surface area contributed by atoms with Crippen LogP contribution in [0.4, 0.5) is 11.4 Å². The molecule has 0 amide bonds. The van der Waals surface area contributed by atoms with Crippen LogP contribution in [0, 0.1) is 6.92 Å². The first-order valence-electron chi connectivity index (χ1n) is 9.81. The second kappa shape index (κ2) is 6.78. The highest BCUT2D eigenvalue weighted by Crippen LogP contribution is 2.35. The van der Waals surface area contributed by atoms with Gasteiger partial charge in [0.15, 0.2) is 0 Å². The van der Waals surface area contributed by atoms with Gasteiger partial charge in [-0.05, 0) is 30.7 Å². The van der Waals surface area contributed by atoms with Crippen LogP contribution in [-0.2, 0) is 0 Å². The molecule has 2 aliphatic heterocycles. The Labute approximate surface area is 165 Å². The van der Waals surface area contributed by atoms with Crippen molar-refractivity contribution in [3.05, 3.63) is 66.9 Å². The normalized spacial score (nSPS) is 16.8. The molecule has 144 valence electrons. The maximum atomic E-state index is 5.86. The Hall–Kier alpha value is -3.15. The van der Waals surface area contributed by atoms with Gasteiger partial charge < -0.3 is 23.8 Å². The third kappa shape index (κ3) is 2.95. The summed E-state index contributed by atoms with van der Waals surface area (Å²) in [5.74, 6) is 2.02. The van der Waals surface area contributed by atoms with E-state index >= 15 is 0 Å². The van der Waals surface area contributed by atoms with Gasteiger partial charge in [0.05, 0.1) is 12.2 Å². The van der Waals surface area contributed by atoms with Crippen LogP contribution in [0.2, 0.25) is 0 Å². The number of pyridine rings is 1. The van der Waals surface area contributed by atoms with Crippen molar-refractivity contribution in [1.29, 1.82) is 0 Å². The first-order chi connectivity index (χ1) is 13.7. The maximum absolute atomic E-state index is 5.86. The smallest absolute Gasteiger partial charge is 0.143 e. The molecule has 6 heteroatoms. The highest BCUT2D eigenvalue weighted by atomic mass is 16.5. The number of fused-ring (bicyclic) bond motifs is 2. The van der Waals surface area contributed by atoms with Crippen LogP contribution < -0.4 is 14.5 Å². The number of nitrogens with zero attached hydrogens (tertiary/aromatic N) is 5. The van der Waals surface area contributed by atoms with Crippen LogP contribution in [-0.4, -0.2) is 53.6 Å². The van der Waals surface area contributed by atoms with Crippen LogP contribution >= 0.6 is 0 Å². The molecule has 0 atom stereocenters. The number of rotatable bonds is 3. The van der Waals surface area contributed by atoms with Gasteiger partial charge in [0.2, 0.25) is 0 Å². The fourth-order valence-corrected chi connectivity index (χ4v) is 4.09. The third-order valence-corrected chi connectivity index (χ3v) is 5.68. The van der Waals surface area contributed by atoms with Crippen molar-refractivity contribution in [3.63, 3.8) is 0 Å². The molecule has 6 nitrogen and oxygen atoms in total. The lowest BCUT2D eigenvalue weighted by Crippen LogP contribution is -2.49. The highest BCUT2D eigenvalue weighted by molar-refractivity contribution is 5.64. The van der Waals surface area contributed by atoms with E-state index in [4.69, 9.17) is 4.74 Å². The van der Waals surface area contributed by atoms with E-state index in [1.165, 1.54) is 11.3 Å². The Morgan fingerprint density at radius 2 is 1.89 bits per heavy atom. The molecule has 28 heavy (non-hydrogen) atoms. The Morgan fingerprint density at radius 3 is 2.75 bits per heavy atom. The van der Waals surface area contributed by atoms with Crippen LogP contribution in [0.25, 0.3) is 5.65 Å². The molecule has 0 aliphatic carbocycles. The topological polar surface area (TPSA) is 36.2 Å². The molecule has 0 bridgehead atoms. The van der Waals surface area contributed by atoms with E-state index in [1.54, 1.807) is 0 Å². The monoisotopic (exact) mass is 375 g/mol. The van der Waals surface area contributed by atoms with Gasteiger partial charge in [0.25, 0.3) is 0 Å². The van der Waals surface area contributed by atoms with Crippen LogP contribution in [0.3, 0.4) is 0 Å². The average Bonchev–Trinajstić information content (AvgIpc) is 3.20. The number of imidazole rings is 1. The first-order valence-corrected chi connectivity index (χ1v) is 9.81. The average molecular weight is 375 g/mol. The highest BCUT2D eigenvalue weighted by Gasteiger charge is 2.26. The van der Waals surface area contributed by atoms with Crippen molar-refractivity contribution in [2.24, 2.45) is 0 Å². The largest absolute Gasteiger partial charge is 0.490 e. The Morgan fingerprint density at radius 1 is 1.04 bits per heavy atom. The minimum Gasteiger partial charge on any atom is -0.490 e. The number of piperazine rings is 1. The SMILES string of the molecule is C=C(N1CCN(c2ccn3ccnc3c2)CC1)N1CCOc2cc(C)ccc21. The molecular formula is C22H25N5O. The lowest BCUT2D eigenvalue weighted by molar-refractivity contribution is 0.281. The lowest BCUT2D eigenvalue weighted by atomic mass is 10.1. The standard InChI is InChI=1S/C22H25N5O/c1-17-3-4-20-21(15-17)28-14-13-27(20)18(2)24-9-11-25(12-10-24)19-5-7-26-8-6-23-22(26)16-19/h3-8,15-16H,2,9-14H2,1H3. The summed E-state index contributed by atoms with van der Waals surface area (Å²) in [6.45, 7) is 11.9. The van der Waals surface area contributed by atoms with Gasteiger partial charge in [0.1, 0.15) is 23.8 Å². The molecule has 0 radical (unpaired) electrons. The van der Waals surface area contributed by atoms with Gasteiger partial charge >= 0.3 is 0 Å². The summed E-state index contributed by atoms with van der Waals surface area (Å²) in [4.78, 5) is 11.5. The predicted octanol–water partition coefficient (Wildman–Crippen LogP) is 3.13. The summed E-state index contributed by atoms with van der Waals surface area (Å²) in [5.41, 5.74) is 4.56. The van der Waals surface area contributed by atoms with Gasteiger partial charge in [-0.1, -0.05) is 12.6 Å². The van der Waals surface area contributed by atoms with E-state index in [9.17, 15) is 0 Å². The van der Waals surface area contributed by atoms with Gasteiger partial charge in [-0.2, -0.15) is 0 Å². The quantitative estimate of drug-likeness (QED) is 0.703. The molecule has 0 unspecified atom stereocenters. The second-order valence-corrected chi connectivity index (χ2v) is 7.44. The number of anilines is 2. The summed E-state index contributed by atoms with van der Waals surface area (Å²) < 4.78 is 7.90. The Bertz CT molecular complexity index is 1020. The van der Waals surface area contributed by atoms with Crippen molar-refractivity contribution in [2.75, 3.05) is 49.1 Å². The Balaban J connectivity index is 1.29. The van der Waals surface area contributed by atoms with Crippen molar-refractivity contribution in [3.8, 4) is 5.75 Å². The summed E-state index contributed by atoms with van der Waals surface area (Å²) in [6.07, 6.45) is 5.89. The fraction of sp³-hybridized carbons (Fsp3) is 0.318. The van der Waals surface area contributed by atoms with Crippen molar-refractivity contribution in [1.82, 2.24) is 14.3 Å². The van der Waals surface area contributed by atoms with Gasteiger partial charge in [-0.15, -0.1) is 0 Å². The molecule has 3 aromatic rings. The zero-order valence-corrected chi connectivity index (χ0v) is 16.2. The van der Waals surface area contributed by atoms with E-state index in [0.29, 0.717) is 6.61 Å². The molecule has 5 rings (SSSR count). The van der Waals surface area contributed by atoms with Crippen molar-refractivity contribution < 1.29 is 4.74 Å². The van der Waals surface area contributed by atoms with Crippen molar-refractivity contribution in [2.45, 2.75) is 6.92 Å². The number of hydrogen-bond donors (Lipinski definition) is 0. The molecule has 4 heterocycles. The third-order valence-electron chi connectivity index (χ3n) is 5.68. The minimum absolute atomic E-state index is 0.694. The number of aromatic nitrogens is 2. The fourth-order valence-electron chi connectivity index (χ4n) is 4.09. The van der Waals surface area contributed by atoms with Gasteiger partial charge in [-0.3, -0.25) is 0 Å². The summed E-state index contributed by atoms with van der Waals surface area (Å²) >= 11 is 0. The molecule has 0 N–H and O–H groups in total. The molecule has 1 saturated heterocycles. The van der Waals surface area contributed by atoms with E-state index in [1.807, 2.05) is 16.8 Å². The van der Waals surface area contributed by atoms with Crippen LogP contribution in [0.1, 0.15) is 5.56 Å². The van der Waals surface area contributed by atoms with Gasteiger partial charge in [-0.25, -0.2) is 4.98 Å². The summed E-state index contributed by atoms with van der Waals surface area (Å²) in [6, 6.07) is 10.7. The molecule has 1 fully saturated rings. The van der Waals surface area contributed by atoms with Crippen LogP contribution in [0.15, 0.2) is 61.3 Å². The molecular weight excluding hydrogens is 350 g/mol. The second-order valence-electron chi connectivity index (χ2n) is 7.44. The molecule has 0 saturated carbocycles. The molecule has 1 aromatic carbocycles. The molecule has 2 aromatic heterocycles. The van der Waals surface area contributed by atoms with Gasteiger partial charge in [0, 0.05) is 56.5 Å². The Kier molecular flexibility index (Phi) is 4.11. The van der Waals surface area contributed by atoms with E-state index < -0.39 is 0 Å². The van der Waals surface area contributed by atoms with E-state index in [2.05, 4.69) is 69.7 Å². The number of hydrogen-bond acceptors (Lipinski definition) is 5. The minimum atomic E-state index is 0.694. The lowest BCUT2D eigenvalue weighted by Gasteiger charge is -2.42.